The number of rotatable bonds is 6. The molecule has 3 unspecified atom stereocenters. The highest BCUT2D eigenvalue weighted by Gasteiger charge is 2.16. The smallest absolute Gasteiger partial charge is 0.304 e. The third kappa shape index (κ3) is 5.76. The summed E-state index contributed by atoms with van der Waals surface area (Å²) in [7, 11) is 0.424. The summed E-state index contributed by atoms with van der Waals surface area (Å²) in [5.74, 6) is -0.517. The molecule has 0 aromatic rings. The Kier molecular flexibility index (Phi) is 5.90. The molecule has 0 aromatic heterocycles. The quantitative estimate of drug-likeness (QED) is 0.695. The van der Waals surface area contributed by atoms with Gasteiger partial charge in [-0.2, -0.15) is 0 Å². The van der Waals surface area contributed by atoms with E-state index in [1.54, 1.807) is 14.0 Å². The van der Waals surface area contributed by atoms with Crippen molar-refractivity contribution < 1.29 is 18.8 Å². The van der Waals surface area contributed by atoms with Crippen molar-refractivity contribution in [3.63, 3.8) is 0 Å². The average molecular weight is 208 g/mol. The van der Waals surface area contributed by atoms with Gasteiger partial charge in [0, 0.05) is 28.9 Å². The van der Waals surface area contributed by atoms with Crippen molar-refractivity contribution in [1.82, 2.24) is 0 Å². The van der Waals surface area contributed by atoms with Crippen LogP contribution in [-0.2, 0) is 20.3 Å². The Hall–Kier alpha value is -0.420. The highest BCUT2D eigenvalue weighted by atomic mass is 32.2. The van der Waals surface area contributed by atoms with Crippen LogP contribution in [-0.4, -0.2) is 39.5 Å². The second kappa shape index (κ2) is 6.10. The minimum Gasteiger partial charge on any atom is -0.481 e. The molecule has 0 aliphatic carbocycles. The number of hydrogen-bond donors (Lipinski definition) is 1. The zero-order valence-corrected chi connectivity index (χ0v) is 8.97. The number of aliphatic carboxylic acids is 1. The zero-order valence-electron chi connectivity index (χ0n) is 8.15. The Morgan fingerprint density at radius 3 is 2.46 bits per heavy atom. The predicted molar refractivity (Wildman–Crippen MR) is 51.2 cm³/mol. The molecule has 0 spiro atoms. The van der Waals surface area contributed by atoms with Gasteiger partial charge in [-0.25, -0.2) is 0 Å². The summed E-state index contributed by atoms with van der Waals surface area (Å²) < 4.78 is 16.4. The molecular weight excluding hydrogens is 192 g/mol. The first-order chi connectivity index (χ1) is 5.97. The van der Waals surface area contributed by atoms with E-state index in [-0.39, 0.29) is 17.8 Å². The molecule has 0 rings (SSSR count). The molecule has 1 N–H and O–H groups in total. The number of carbonyl (C=O) groups is 1. The van der Waals surface area contributed by atoms with Crippen LogP contribution in [0.5, 0.6) is 0 Å². The van der Waals surface area contributed by atoms with Crippen molar-refractivity contribution in [1.29, 1.82) is 0 Å². The van der Waals surface area contributed by atoms with E-state index < -0.39 is 16.8 Å². The lowest BCUT2D eigenvalue weighted by Gasteiger charge is -2.12. The highest BCUT2D eigenvalue weighted by molar-refractivity contribution is 7.85. The molecule has 3 atom stereocenters. The van der Waals surface area contributed by atoms with Gasteiger partial charge >= 0.3 is 5.97 Å². The number of carboxylic acids is 1. The lowest BCUT2D eigenvalue weighted by Crippen LogP contribution is -2.24. The summed E-state index contributed by atoms with van der Waals surface area (Å²) in [6.45, 7) is 3.48. The summed E-state index contributed by atoms with van der Waals surface area (Å²) in [5, 5.41) is 8.15. The molecule has 0 fully saturated rings. The van der Waals surface area contributed by atoms with Crippen LogP contribution in [0, 0.1) is 0 Å². The third-order valence-corrected chi connectivity index (χ3v) is 3.57. The molecule has 0 bridgehead atoms. The molecule has 13 heavy (non-hydrogen) atoms. The molecule has 5 heteroatoms. The lowest BCUT2D eigenvalue weighted by atomic mass is 10.3. The first kappa shape index (κ1) is 12.6. The highest BCUT2D eigenvalue weighted by Crippen LogP contribution is 2.04. The second-order valence-electron chi connectivity index (χ2n) is 3.00. The van der Waals surface area contributed by atoms with Crippen LogP contribution in [0.15, 0.2) is 0 Å². The van der Waals surface area contributed by atoms with E-state index in [4.69, 9.17) is 9.84 Å². The Morgan fingerprint density at radius 1 is 1.54 bits per heavy atom. The molecule has 0 saturated heterocycles. The standard InChI is InChI=1S/C8H16O4S/c1-6(12-3)5-13(11)7(2)4-8(9)10/h6-7H,4-5H2,1-3H3,(H,9,10). The van der Waals surface area contributed by atoms with E-state index in [1.807, 2.05) is 6.92 Å². The first-order valence-electron chi connectivity index (χ1n) is 4.09. The molecule has 0 saturated carbocycles. The van der Waals surface area contributed by atoms with E-state index in [0.29, 0.717) is 5.75 Å². The van der Waals surface area contributed by atoms with Gasteiger partial charge in [0.15, 0.2) is 0 Å². The minimum atomic E-state index is -1.12. The summed E-state index contributed by atoms with van der Waals surface area (Å²) in [5.41, 5.74) is 0. The summed E-state index contributed by atoms with van der Waals surface area (Å²) in [6.07, 6.45) is -0.139. The van der Waals surface area contributed by atoms with Gasteiger partial charge in [-0.05, 0) is 6.92 Å². The van der Waals surface area contributed by atoms with Crippen molar-refractivity contribution in [2.24, 2.45) is 0 Å². The fourth-order valence-electron chi connectivity index (χ4n) is 0.802. The summed E-state index contributed by atoms with van der Waals surface area (Å²) in [6, 6.07) is 0. The van der Waals surface area contributed by atoms with E-state index in [1.165, 1.54) is 0 Å². The summed E-state index contributed by atoms with van der Waals surface area (Å²) >= 11 is 0. The molecule has 0 aliphatic heterocycles. The lowest BCUT2D eigenvalue weighted by molar-refractivity contribution is -0.136. The number of hydrogen-bond acceptors (Lipinski definition) is 3. The van der Waals surface area contributed by atoms with Gasteiger partial charge in [0.25, 0.3) is 0 Å². The third-order valence-electron chi connectivity index (χ3n) is 1.71. The first-order valence-corrected chi connectivity index (χ1v) is 5.47. The fourth-order valence-corrected chi connectivity index (χ4v) is 2.06. The maximum absolute atomic E-state index is 11.4. The molecule has 0 radical (unpaired) electrons. The van der Waals surface area contributed by atoms with E-state index in [2.05, 4.69) is 0 Å². The largest absolute Gasteiger partial charge is 0.481 e. The van der Waals surface area contributed by atoms with Crippen LogP contribution < -0.4 is 0 Å². The van der Waals surface area contributed by atoms with E-state index >= 15 is 0 Å². The Balaban J connectivity index is 3.89. The molecule has 0 amide bonds. The van der Waals surface area contributed by atoms with E-state index in [9.17, 15) is 9.00 Å². The van der Waals surface area contributed by atoms with Crippen LogP contribution in [0.4, 0.5) is 0 Å². The van der Waals surface area contributed by atoms with Gasteiger partial charge in [-0.1, -0.05) is 6.92 Å². The van der Waals surface area contributed by atoms with Gasteiger partial charge in [-0.15, -0.1) is 0 Å². The van der Waals surface area contributed by atoms with Crippen LogP contribution in [0.2, 0.25) is 0 Å². The van der Waals surface area contributed by atoms with Crippen LogP contribution in [0.25, 0.3) is 0 Å². The number of carboxylic acid groups (broad SMARTS) is 1. The predicted octanol–water partition coefficient (Wildman–Crippen LogP) is 0.633. The van der Waals surface area contributed by atoms with E-state index in [0.717, 1.165) is 0 Å². The number of ether oxygens (including phenoxy) is 1. The molecule has 4 nitrogen and oxygen atoms in total. The maximum Gasteiger partial charge on any atom is 0.304 e. The molecule has 0 aliphatic rings. The van der Waals surface area contributed by atoms with Crippen molar-refractivity contribution in [3.05, 3.63) is 0 Å². The molecular formula is C8H16O4S. The molecule has 0 aromatic carbocycles. The monoisotopic (exact) mass is 208 g/mol. The normalized spacial score (nSPS) is 17.8. The van der Waals surface area contributed by atoms with Crippen molar-refractivity contribution in [2.75, 3.05) is 12.9 Å². The zero-order chi connectivity index (χ0) is 10.4. The summed E-state index contributed by atoms with van der Waals surface area (Å²) in [4.78, 5) is 10.3. The van der Waals surface area contributed by atoms with Gasteiger partial charge in [0.05, 0.1) is 12.5 Å². The average Bonchev–Trinajstić information content (AvgIpc) is 2.02. The SMILES string of the molecule is COC(C)CS(=O)C(C)CC(=O)O. The molecule has 0 heterocycles. The Bertz CT molecular complexity index is 193. The van der Waals surface area contributed by atoms with Crippen molar-refractivity contribution >= 4 is 16.8 Å². The Labute approximate surface area is 80.7 Å². The van der Waals surface area contributed by atoms with Crippen LogP contribution >= 0.6 is 0 Å². The van der Waals surface area contributed by atoms with Crippen LogP contribution in [0.3, 0.4) is 0 Å². The fraction of sp³-hybridized carbons (Fsp3) is 0.875. The van der Waals surface area contributed by atoms with Crippen molar-refractivity contribution in [3.8, 4) is 0 Å². The maximum atomic E-state index is 11.4. The minimum absolute atomic E-state index is 0.0525. The van der Waals surface area contributed by atoms with Gasteiger partial charge in [-0.3, -0.25) is 9.00 Å². The van der Waals surface area contributed by atoms with Crippen LogP contribution in [0.1, 0.15) is 20.3 Å². The van der Waals surface area contributed by atoms with Gasteiger partial charge < -0.3 is 9.84 Å². The number of methoxy groups -OCH3 is 1. The Morgan fingerprint density at radius 2 is 2.08 bits per heavy atom. The molecule has 78 valence electrons. The van der Waals surface area contributed by atoms with Gasteiger partial charge in [0.1, 0.15) is 0 Å². The topological polar surface area (TPSA) is 63.6 Å². The second-order valence-corrected chi connectivity index (χ2v) is 4.90. The van der Waals surface area contributed by atoms with Gasteiger partial charge in [0.2, 0.25) is 0 Å². The van der Waals surface area contributed by atoms with Crippen molar-refractivity contribution in [2.45, 2.75) is 31.6 Å².